The van der Waals surface area contributed by atoms with Crippen LogP contribution in [0.1, 0.15) is 100 Å². The molecule has 39 heavy (non-hydrogen) atoms. The zero-order chi connectivity index (χ0) is 27.5. The van der Waals surface area contributed by atoms with Gasteiger partial charge in [-0.25, -0.2) is 9.36 Å². The van der Waals surface area contributed by atoms with Crippen molar-refractivity contribution < 1.29 is 19.1 Å². The van der Waals surface area contributed by atoms with Crippen LogP contribution in [-0.4, -0.2) is 28.7 Å². The second-order valence-electron chi connectivity index (χ2n) is 10.4. The molecule has 3 aromatic rings. The number of hydrogen-bond donors (Lipinski definition) is 1. The van der Waals surface area contributed by atoms with E-state index in [1.165, 1.54) is 69.1 Å². The minimum atomic E-state index is -0.829. The first kappa shape index (κ1) is 28.5. The molecule has 0 aliphatic carbocycles. The fraction of sp³-hybridized carbons (Fsp3) is 0.500. The predicted octanol–water partition coefficient (Wildman–Crippen LogP) is 7.42. The monoisotopic (exact) mass is 534 g/mol. The van der Waals surface area contributed by atoms with Gasteiger partial charge >= 0.3 is 5.76 Å². The molecule has 1 aliphatic rings. The average Bonchev–Trinajstić information content (AvgIpc) is 3.51. The molecule has 0 radical (unpaired) electrons. The number of anilines is 1. The maximum absolute atomic E-state index is 13.2. The Hall–Kier alpha value is -3.48. The van der Waals surface area contributed by atoms with Crippen molar-refractivity contribution in [3.05, 3.63) is 70.4 Å². The zero-order valence-corrected chi connectivity index (χ0v) is 23.2. The fourth-order valence-corrected chi connectivity index (χ4v) is 5.28. The Morgan fingerprint density at radius 1 is 0.846 bits per heavy atom. The van der Waals surface area contributed by atoms with Crippen LogP contribution in [0.2, 0.25) is 0 Å². The molecule has 0 unspecified atom stereocenters. The van der Waals surface area contributed by atoms with Crippen LogP contribution in [0.15, 0.2) is 57.7 Å². The second-order valence-corrected chi connectivity index (χ2v) is 10.4. The lowest BCUT2D eigenvalue weighted by Crippen LogP contribution is -2.28. The molecule has 7 nitrogen and oxygen atoms in total. The Bertz CT molecular complexity index is 1260. The summed E-state index contributed by atoms with van der Waals surface area (Å²) in [5, 5.41) is 10.9. The van der Waals surface area contributed by atoms with Crippen molar-refractivity contribution >= 4 is 11.6 Å². The van der Waals surface area contributed by atoms with Gasteiger partial charge in [-0.3, -0.25) is 4.79 Å². The third-order valence-corrected chi connectivity index (χ3v) is 7.48. The van der Waals surface area contributed by atoms with Crippen molar-refractivity contribution in [1.82, 2.24) is 4.57 Å². The summed E-state index contributed by atoms with van der Waals surface area (Å²) in [6.07, 6.45) is 15.9. The number of unbranched alkanes of at least 4 members (excludes halogenated alkanes) is 11. The van der Waals surface area contributed by atoms with E-state index in [-0.39, 0.29) is 5.76 Å². The third kappa shape index (κ3) is 7.34. The Kier molecular flexibility index (Phi) is 10.7. The molecule has 1 N–H and O–H groups in total. The highest BCUT2D eigenvalue weighted by atomic mass is 16.5. The summed E-state index contributed by atoms with van der Waals surface area (Å²) in [4.78, 5) is 27.5. The Balaban J connectivity index is 1.28. The maximum Gasteiger partial charge on any atom is 0.427 e. The molecule has 1 amide bonds. The molecule has 0 bridgehead atoms. The van der Waals surface area contributed by atoms with Crippen LogP contribution < -0.4 is 15.4 Å². The summed E-state index contributed by atoms with van der Waals surface area (Å²) >= 11 is 0. The van der Waals surface area contributed by atoms with Crippen molar-refractivity contribution in [1.29, 1.82) is 0 Å². The molecule has 0 atom stereocenters. The topological polar surface area (TPSA) is 84.9 Å². The molecule has 210 valence electrons. The Labute approximate surface area is 231 Å². The van der Waals surface area contributed by atoms with E-state index in [0.717, 1.165) is 28.7 Å². The van der Waals surface area contributed by atoms with E-state index >= 15 is 0 Å². The van der Waals surface area contributed by atoms with E-state index in [1.54, 1.807) is 18.2 Å². The van der Waals surface area contributed by atoms with Crippen LogP contribution in [0.3, 0.4) is 0 Å². The molecule has 0 saturated heterocycles. The lowest BCUT2D eigenvalue weighted by Gasteiger charge is -2.15. The molecule has 1 aliphatic heterocycles. The normalized spacial score (nSPS) is 12.6. The number of carbonyl (C=O) groups excluding carboxylic acids is 1. The number of aromatic hydroxyl groups is 1. The van der Waals surface area contributed by atoms with Gasteiger partial charge in [0.25, 0.3) is 17.5 Å². The lowest BCUT2D eigenvalue weighted by molar-refractivity contribution is 0.0957. The van der Waals surface area contributed by atoms with E-state index < -0.39 is 17.5 Å². The van der Waals surface area contributed by atoms with Gasteiger partial charge in [-0.2, -0.15) is 0 Å². The van der Waals surface area contributed by atoms with Gasteiger partial charge in [0.15, 0.2) is 0 Å². The summed E-state index contributed by atoms with van der Waals surface area (Å²) in [6, 6.07) is 14.6. The largest absolute Gasteiger partial charge is 0.491 e. The first-order valence-electron chi connectivity index (χ1n) is 14.7. The van der Waals surface area contributed by atoms with Crippen molar-refractivity contribution in [2.75, 3.05) is 18.1 Å². The van der Waals surface area contributed by atoms with Crippen LogP contribution in [-0.2, 0) is 6.42 Å². The van der Waals surface area contributed by atoms with Gasteiger partial charge in [0.2, 0.25) is 0 Å². The number of carbonyl (C=O) groups is 1. The molecule has 7 heteroatoms. The predicted molar refractivity (Wildman–Crippen MR) is 154 cm³/mol. The smallest absolute Gasteiger partial charge is 0.427 e. The molecule has 0 saturated carbocycles. The summed E-state index contributed by atoms with van der Waals surface area (Å²) in [7, 11) is 0. The van der Waals surface area contributed by atoms with Gasteiger partial charge in [0.1, 0.15) is 5.75 Å². The van der Waals surface area contributed by atoms with Crippen molar-refractivity contribution in [2.24, 2.45) is 0 Å². The number of rotatable bonds is 16. The quantitative estimate of drug-likeness (QED) is 0.193. The minimum Gasteiger partial charge on any atom is -0.491 e. The summed E-state index contributed by atoms with van der Waals surface area (Å²) in [5.74, 6) is -1.79. The third-order valence-electron chi connectivity index (χ3n) is 7.48. The van der Waals surface area contributed by atoms with Gasteiger partial charge in [0.05, 0.1) is 12.3 Å². The van der Waals surface area contributed by atoms with E-state index in [0.29, 0.717) is 31.0 Å². The molecule has 1 aromatic heterocycles. The van der Waals surface area contributed by atoms with Crippen LogP contribution in [0.4, 0.5) is 5.69 Å². The summed E-state index contributed by atoms with van der Waals surface area (Å²) in [6.45, 7) is 3.23. The first-order valence-corrected chi connectivity index (χ1v) is 14.7. The molecule has 2 aromatic carbocycles. The van der Waals surface area contributed by atoms with Gasteiger partial charge < -0.3 is 19.2 Å². The SMILES string of the molecule is CCCCCCCCCCCCCCOc1ccccc1-n1c(O)c(C(=O)N2CCc3ccccc32)oc1=O. The number of ether oxygens (including phenoxy) is 1. The number of hydrogen-bond acceptors (Lipinski definition) is 5. The Morgan fingerprint density at radius 2 is 1.44 bits per heavy atom. The highest BCUT2D eigenvalue weighted by Gasteiger charge is 2.32. The number of amides is 1. The number of aromatic nitrogens is 1. The van der Waals surface area contributed by atoms with Crippen LogP contribution in [0.5, 0.6) is 11.6 Å². The maximum atomic E-state index is 13.2. The van der Waals surface area contributed by atoms with E-state index in [4.69, 9.17) is 9.15 Å². The number of para-hydroxylation sites is 3. The fourth-order valence-electron chi connectivity index (χ4n) is 5.28. The number of oxazole rings is 1. The number of benzene rings is 2. The second kappa shape index (κ2) is 14.6. The van der Waals surface area contributed by atoms with Gasteiger partial charge in [-0.15, -0.1) is 0 Å². The van der Waals surface area contributed by atoms with Crippen LogP contribution >= 0.6 is 0 Å². The van der Waals surface area contributed by atoms with E-state index in [9.17, 15) is 14.7 Å². The molecular weight excluding hydrogens is 492 g/mol. The molecule has 4 rings (SSSR count). The van der Waals surface area contributed by atoms with Crippen LogP contribution in [0.25, 0.3) is 5.69 Å². The Morgan fingerprint density at radius 3 is 2.13 bits per heavy atom. The van der Waals surface area contributed by atoms with Gasteiger partial charge in [0, 0.05) is 12.2 Å². The lowest BCUT2D eigenvalue weighted by atomic mass is 10.1. The van der Waals surface area contributed by atoms with Crippen LogP contribution in [0, 0.1) is 0 Å². The molecule has 2 heterocycles. The van der Waals surface area contributed by atoms with E-state index in [2.05, 4.69) is 6.92 Å². The van der Waals surface area contributed by atoms with Crippen molar-refractivity contribution in [3.8, 4) is 17.3 Å². The molecule has 0 fully saturated rings. The number of fused-ring (bicyclic) bond motifs is 1. The van der Waals surface area contributed by atoms with Crippen molar-refractivity contribution in [2.45, 2.75) is 90.4 Å². The van der Waals surface area contributed by atoms with Crippen molar-refractivity contribution in [3.63, 3.8) is 0 Å². The zero-order valence-electron chi connectivity index (χ0n) is 23.2. The first-order chi connectivity index (χ1) is 19.1. The standard InChI is InChI=1S/C32H42N2O5/c1-2-3-4-5-6-7-8-9-10-11-12-17-24-38-28-21-16-15-20-27(28)34-31(36)29(39-32(34)37)30(35)33-23-22-25-18-13-14-19-26(25)33/h13-16,18-21,36H,2-12,17,22-24H2,1H3. The average molecular weight is 535 g/mol. The highest BCUT2D eigenvalue weighted by Crippen LogP contribution is 2.32. The summed E-state index contributed by atoms with van der Waals surface area (Å²) < 4.78 is 12.3. The highest BCUT2D eigenvalue weighted by molar-refractivity contribution is 6.06. The summed E-state index contributed by atoms with van der Waals surface area (Å²) in [5.41, 5.74) is 2.16. The minimum absolute atomic E-state index is 0.351. The molecular formula is C32H42N2O5. The van der Waals surface area contributed by atoms with Gasteiger partial charge in [-0.05, 0) is 36.6 Å². The number of nitrogens with zero attached hydrogens (tertiary/aromatic N) is 2. The molecule has 0 spiro atoms. The van der Waals surface area contributed by atoms with E-state index in [1.807, 2.05) is 30.3 Å². The van der Waals surface area contributed by atoms with Gasteiger partial charge in [-0.1, -0.05) is 108 Å².